The van der Waals surface area contributed by atoms with Crippen LogP contribution in [0.15, 0.2) is 55.8 Å². The molecule has 1 aromatic heterocycles. The van der Waals surface area contributed by atoms with E-state index in [9.17, 15) is 9.50 Å². The number of hydrogen-bond donors (Lipinski definition) is 2. The van der Waals surface area contributed by atoms with Gasteiger partial charge in [0.05, 0.1) is 23.5 Å². The van der Waals surface area contributed by atoms with E-state index < -0.39 is 5.60 Å². The summed E-state index contributed by atoms with van der Waals surface area (Å²) < 4.78 is 13.0. The zero-order valence-electron chi connectivity index (χ0n) is 13.6. The van der Waals surface area contributed by atoms with E-state index in [1.165, 1.54) is 18.3 Å². The zero-order chi connectivity index (χ0) is 17.6. The van der Waals surface area contributed by atoms with Crippen LogP contribution in [0.4, 0.5) is 10.3 Å². The molecule has 126 valence electrons. The maximum Gasteiger partial charge on any atom is 0.243 e. The van der Waals surface area contributed by atoms with Crippen molar-refractivity contribution in [2.75, 3.05) is 5.32 Å². The highest BCUT2D eigenvalue weighted by Crippen LogP contribution is 2.24. The van der Waals surface area contributed by atoms with Gasteiger partial charge in [0, 0.05) is 5.56 Å². The summed E-state index contributed by atoms with van der Waals surface area (Å²) in [5.74, 6) is -0.0254. The maximum absolute atomic E-state index is 13.0. The van der Waals surface area contributed by atoms with Gasteiger partial charge in [-0.2, -0.15) is 5.10 Å². The standard InChI is InChI=1S/C18H21FN4O/c1-4-10-18(24,11-5-2)13(3)21-17-22-16(12-20-23-17)14-6-8-15(19)9-7-14/h4-9,12-13,24H,1-2,10-11H2,3H3,(H,21,22,23). The van der Waals surface area contributed by atoms with Gasteiger partial charge in [-0.3, -0.25) is 0 Å². The molecule has 2 aromatic rings. The molecule has 0 saturated heterocycles. The van der Waals surface area contributed by atoms with Crippen molar-refractivity contribution in [3.63, 3.8) is 0 Å². The first-order chi connectivity index (χ1) is 11.5. The smallest absolute Gasteiger partial charge is 0.243 e. The molecule has 0 radical (unpaired) electrons. The lowest BCUT2D eigenvalue weighted by Crippen LogP contribution is -2.44. The molecule has 0 fully saturated rings. The molecule has 2 rings (SSSR count). The fraction of sp³-hybridized carbons (Fsp3) is 0.278. The Morgan fingerprint density at radius 2 is 1.88 bits per heavy atom. The van der Waals surface area contributed by atoms with Crippen LogP contribution in [0.1, 0.15) is 19.8 Å². The number of nitrogens with zero attached hydrogens (tertiary/aromatic N) is 3. The van der Waals surface area contributed by atoms with E-state index in [1.54, 1.807) is 24.3 Å². The maximum atomic E-state index is 13.0. The van der Waals surface area contributed by atoms with Crippen LogP contribution in [-0.2, 0) is 0 Å². The van der Waals surface area contributed by atoms with Crippen LogP contribution < -0.4 is 5.32 Å². The van der Waals surface area contributed by atoms with Crippen LogP contribution in [0.3, 0.4) is 0 Å². The third kappa shape index (κ3) is 4.23. The molecule has 6 heteroatoms. The molecule has 0 aliphatic rings. The molecule has 1 unspecified atom stereocenters. The number of halogens is 1. The predicted molar refractivity (Wildman–Crippen MR) is 92.9 cm³/mol. The Morgan fingerprint density at radius 1 is 1.25 bits per heavy atom. The number of hydrogen-bond acceptors (Lipinski definition) is 5. The van der Waals surface area contributed by atoms with Gasteiger partial charge in [0.2, 0.25) is 5.95 Å². The highest BCUT2D eigenvalue weighted by molar-refractivity contribution is 5.58. The van der Waals surface area contributed by atoms with Crippen LogP contribution in [-0.4, -0.2) is 31.9 Å². The van der Waals surface area contributed by atoms with Gasteiger partial charge in [0.1, 0.15) is 5.82 Å². The molecule has 5 nitrogen and oxygen atoms in total. The average Bonchev–Trinajstić information content (AvgIpc) is 2.56. The Bertz CT molecular complexity index is 692. The van der Waals surface area contributed by atoms with Crippen molar-refractivity contribution in [2.24, 2.45) is 0 Å². The van der Waals surface area contributed by atoms with Crippen LogP contribution in [0.25, 0.3) is 11.3 Å². The van der Waals surface area contributed by atoms with E-state index in [1.807, 2.05) is 6.92 Å². The topological polar surface area (TPSA) is 70.9 Å². The van der Waals surface area contributed by atoms with E-state index in [4.69, 9.17) is 0 Å². The van der Waals surface area contributed by atoms with Crippen molar-refractivity contribution < 1.29 is 9.50 Å². The lowest BCUT2D eigenvalue weighted by atomic mass is 9.88. The molecule has 0 amide bonds. The number of benzene rings is 1. The van der Waals surface area contributed by atoms with E-state index >= 15 is 0 Å². The van der Waals surface area contributed by atoms with Gasteiger partial charge in [-0.05, 0) is 44.0 Å². The minimum Gasteiger partial charge on any atom is -0.387 e. The Kier molecular flexibility index (Phi) is 5.76. The Morgan fingerprint density at radius 3 is 2.46 bits per heavy atom. The number of aliphatic hydroxyl groups is 1. The minimum atomic E-state index is -1.04. The Labute approximate surface area is 141 Å². The summed E-state index contributed by atoms with van der Waals surface area (Å²) in [7, 11) is 0. The highest BCUT2D eigenvalue weighted by Gasteiger charge is 2.31. The third-order valence-electron chi connectivity index (χ3n) is 3.85. The first-order valence-corrected chi connectivity index (χ1v) is 7.65. The molecule has 0 bridgehead atoms. The second-order valence-electron chi connectivity index (χ2n) is 5.63. The van der Waals surface area contributed by atoms with Crippen molar-refractivity contribution >= 4 is 5.95 Å². The van der Waals surface area contributed by atoms with Crippen molar-refractivity contribution in [3.8, 4) is 11.3 Å². The van der Waals surface area contributed by atoms with E-state index in [0.29, 0.717) is 18.5 Å². The average molecular weight is 328 g/mol. The first kappa shape index (κ1) is 17.7. The quantitative estimate of drug-likeness (QED) is 0.727. The number of aromatic nitrogens is 3. The molecular weight excluding hydrogens is 307 g/mol. The molecule has 0 spiro atoms. The zero-order valence-corrected chi connectivity index (χ0v) is 13.6. The van der Waals surface area contributed by atoms with Crippen molar-refractivity contribution in [1.29, 1.82) is 0 Å². The summed E-state index contributed by atoms with van der Waals surface area (Å²) in [6.07, 6.45) is 5.63. The van der Waals surface area contributed by atoms with Gasteiger partial charge >= 0.3 is 0 Å². The summed E-state index contributed by atoms with van der Waals surface area (Å²) in [6.45, 7) is 9.20. The largest absolute Gasteiger partial charge is 0.387 e. The van der Waals surface area contributed by atoms with E-state index in [-0.39, 0.29) is 17.8 Å². The lowest BCUT2D eigenvalue weighted by Gasteiger charge is -2.33. The summed E-state index contributed by atoms with van der Waals surface area (Å²) in [6, 6.07) is 5.62. The first-order valence-electron chi connectivity index (χ1n) is 7.65. The molecular formula is C18H21FN4O. The SMILES string of the molecule is C=CCC(O)(CC=C)C(C)Nc1nncc(-c2ccc(F)cc2)n1. The van der Waals surface area contributed by atoms with Crippen molar-refractivity contribution in [1.82, 2.24) is 15.2 Å². The molecule has 1 aromatic carbocycles. The lowest BCUT2D eigenvalue weighted by molar-refractivity contribution is 0.0314. The van der Waals surface area contributed by atoms with Gasteiger partial charge in [-0.15, -0.1) is 18.3 Å². The third-order valence-corrected chi connectivity index (χ3v) is 3.85. The Hall–Kier alpha value is -2.60. The van der Waals surface area contributed by atoms with Gasteiger partial charge in [-0.25, -0.2) is 9.37 Å². The minimum absolute atomic E-state index is 0.288. The van der Waals surface area contributed by atoms with E-state index in [2.05, 4.69) is 33.7 Å². The number of rotatable bonds is 8. The summed E-state index contributed by atoms with van der Waals surface area (Å²) in [4.78, 5) is 4.38. The summed E-state index contributed by atoms with van der Waals surface area (Å²) >= 11 is 0. The molecule has 0 saturated carbocycles. The normalized spacial score (nSPS) is 12.5. The fourth-order valence-corrected chi connectivity index (χ4v) is 2.39. The second kappa shape index (κ2) is 7.79. The van der Waals surface area contributed by atoms with Gasteiger partial charge in [0.15, 0.2) is 0 Å². The molecule has 1 atom stereocenters. The monoisotopic (exact) mass is 328 g/mol. The predicted octanol–water partition coefficient (Wildman–Crippen LogP) is 3.36. The summed E-state index contributed by atoms with van der Waals surface area (Å²) in [5, 5.41) is 21.7. The van der Waals surface area contributed by atoms with Crippen LogP contribution >= 0.6 is 0 Å². The number of anilines is 1. The van der Waals surface area contributed by atoms with Crippen LogP contribution in [0.5, 0.6) is 0 Å². The highest BCUT2D eigenvalue weighted by atomic mass is 19.1. The molecule has 0 aliphatic heterocycles. The van der Waals surface area contributed by atoms with Crippen molar-refractivity contribution in [2.45, 2.75) is 31.4 Å². The Balaban J connectivity index is 2.20. The van der Waals surface area contributed by atoms with Gasteiger partial charge < -0.3 is 10.4 Å². The van der Waals surface area contributed by atoms with Gasteiger partial charge in [-0.1, -0.05) is 12.2 Å². The summed E-state index contributed by atoms with van der Waals surface area (Å²) in [5.41, 5.74) is 0.253. The molecule has 24 heavy (non-hydrogen) atoms. The second-order valence-corrected chi connectivity index (χ2v) is 5.63. The van der Waals surface area contributed by atoms with Crippen LogP contribution in [0.2, 0.25) is 0 Å². The molecule has 1 heterocycles. The van der Waals surface area contributed by atoms with Crippen molar-refractivity contribution in [3.05, 3.63) is 61.6 Å². The number of nitrogens with one attached hydrogen (secondary N) is 1. The fourth-order valence-electron chi connectivity index (χ4n) is 2.39. The van der Waals surface area contributed by atoms with E-state index in [0.717, 1.165) is 5.56 Å². The molecule has 0 aliphatic carbocycles. The molecule has 2 N–H and O–H groups in total. The van der Waals surface area contributed by atoms with Crippen LogP contribution in [0, 0.1) is 5.82 Å². The van der Waals surface area contributed by atoms with Gasteiger partial charge in [0.25, 0.3) is 0 Å².